The quantitative estimate of drug-likeness (QED) is 0.625. The van der Waals surface area contributed by atoms with Gasteiger partial charge in [-0.1, -0.05) is 13.3 Å². The van der Waals surface area contributed by atoms with E-state index < -0.39 is 0 Å². The van der Waals surface area contributed by atoms with Crippen LogP contribution < -0.4 is 5.32 Å². The van der Waals surface area contributed by atoms with Gasteiger partial charge in [0.15, 0.2) is 0 Å². The molecule has 26 heavy (non-hydrogen) atoms. The van der Waals surface area contributed by atoms with Gasteiger partial charge >= 0.3 is 11.9 Å². The van der Waals surface area contributed by atoms with E-state index in [1.54, 1.807) is 24.3 Å². The number of rotatable bonds is 6. The maximum Gasteiger partial charge on any atom is 0.338 e. The molecule has 1 saturated heterocycles. The lowest BCUT2D eigenvalue weighted by Crippen LogP contribution is -2.35. The van der Waals surface area contributed by atoms with Crippen LogP contribution in [-0.2, 0) is 19.1 Å². The van der Waals surface area contributed by atoms with Gasteiger partial charge in [-0.15, -0.1) is 0 Å². The van der Waals surface area contributed by atoms with Crippen LogP contribution in [0.3, 0.4) is 0 Å². The lowest BCUT2D eigenvalue weighted by atomic mass is 9.79. The van der Waals surface area contributed by atoms with Gasteiger partial charge in [0.05, 0.1) is 24.0 Å². The van der Waals surface area contributed by atoms with Gasteiger partial charge in [0.1, 0.15) is 6.10 Å². The third-order valence-corrected chi connectivity index (χ3v) is 5.91. The minimum atomic E-state index is -0.357. The van der Waals surface area contributed by atoms with Crippen LogP contribution in [0.25, 0.3) is 0 Å². The number of unbranched alkanes of at least 4 members (excludes halogenated alkanes) is 1. The Morgan fingerprint density at radius 3 is 2.73 bits per heavy atom. The maximum absolute atomic E-state index is 12.7. The van der Waals surface area contributed by atoms with Crippen LogP contribution in [0.2, 0.25) is 0 Å². The molecule has 0 radical (unpaired) electrons. The van der Waals surface area contributed by atoms with Gasteiger partial charge < -0.3 is 14.8 Å². The highest BCUT2D eigenvalue weighted by molar-refractivity contribution is 5.97. The third kappa shape index (κ3) is 2.87. The van der Waals surface area contributed by atoms with E-state index in [4.69, 9.17) is 9.47 Å². The second-order valence-electron chi connectivity index (χ2n) is 7.48. The molecule has 1 N–H and O–H groups in total. The fourth-order valence-electron chi connectivity index (χ4n) is 4.67. The molecule has 1 amide bonds. The molecule has 1 heterocycles. The van der Waals surface area contributed by atoms with Crippen LogP contribution in [0.5, 0.6) is 0 Å². The van der Waals surface area contributed by atoms with Gasteiger partial charge in [0, 0.05) is 11.6 Å². The van der Waals surface area contributed by atoms with Crippen molar-refractivity contribution < 1.29 is 23.9 Å². The topological polar surface area (TPSA) is 81.7 Å². The summed E-state index contributed by atoms with van der Waals surface area (Å²) in [7, 11) is 0. The Morgan fingerprint density at radius 1 is 1.23 bits per heavy atom. The monoisotopic (exact) mass is 357 g/mol. The first kappa shape index (κ1) is 17.1. The summed E-state index contributed by atoms with van der Waals surface area (Å²) in [5, 5.41) is 2.89. The summed E-state index contributed by atoms with van der Waals surface area (Å²) in [5.41, 5.74) is 1.08. The predicted octanol–water partition coefficient (Wildman–Crippen LogP) is 2.78. The van der Waals surface area contributed by atoms with Crippen molar-refractivity contribution in [1.82, 2.24) is 0 Å². The molecule has 2 bridgehead atoms. The molecule has 2 aliphatic carbocycles. The summed E-state index contributed by atoms with van der Waals surface area (Å²) in [4.78, 5) is 36.7. The van der Waals surface area contributed by atoms with Crippen molar-refractivity contribution in [3.63, 3.8) is 0 Å². The molecule has 138 valence electrons. The van der Waals surface area contributed by atoms with Crippen molar-refractivity contribution in [2.75, 3.05) is 11.9 Å². The molecule has 3 aliphatic rings. The first-order valence-corrected chi connectivity index (χ1v) is 9.37. The van der Waals surface area contributed by atoms with Crippen molar-refractivity contribution >= 4 is 23.5 Å². The van der Waals surface area contributed by atoms with E-state index in [0.29, 0.717) is 17.9 Å². The fourth-order valence-corrected chi connectivity index (χ4v) is 4.67. The van der Waals surface area contributed by atoms with Crippen LogP contribution >= 0.6 is 0 Å². The highest BCUT2D eigenvalue weighted by atomic mass is 16.6. The Bertz CT molecular complexity index is 726. The second kappa shape index (κ2) is 6.74. The Morgan fingerprint density at radius 2 is 2.00 bits per heavy atom. The molecular weight excluding hydrogens is 334 g/mol. The molecule has 6 heteroatoms. The number of esters is 2. The van der Waals surface area contributed by atoms with Gasteiger partial charge in [-0.2, -0.15) is 0 Å². The maximum atomic E-state index is 12.7. The molecule has 3 fully saturated rings. The van der Waals surface area contributed by atoms with Crippen molar-refractivity contribution in [2.45, 2.75) is 38.7 Å². The normalized spacial score (nSPS) is 31.0. The van der Waals surface area contributed by atoms with Gasteiger partial charge in [-0.3, -0.25) is 9.59 Å². The standard InChI is InChI=1S/C20H23NO5/c1-2-3-8-25-19(23)11-4-6-13(7-5-11)21-18(22)16-12-9-14-15(10-12)26-20(24)17(14)16/h4-7,12,14-17H,2-3,8-10H2,1H3,(H,21,22)/t12-,14+,15-,16-,17-/m1/s1. The first-order valence-electron chi connectivity index (χ1n) is 9.37. The molecule has 1 aromatic rings. The number of hydrogen-bond acceptors (Lipinski definition) is 5. The highest BCUT2D eigenvalue weighted by Crippen LogP contribution is 2.57. The lowest BCUT2D eigenvalue weighted by molar-refractivity contribution is -0.145. The first-order chi connectivity index (χ1) is 12.6. The minimum Gasteiger partial charge on any atom is -0.462 e. The Kier molecular flexibility index (Phi) is 4.42. The van der Waals surface area contributed by atoms with E-state index in [-0.39, 0.29) is 47.6 Å². The van der Waals surface area contributed by atoms with Gasteiger partial charge in [-0.05, 0) is 49.4 Å². The van der Waals surface area contributed by atoms with E-state index in [0.717, 1.165) is 25.7 Å². The molecular formula is C20H23NO5. The summed E-state index contributed by atoms with van der Waals surface area (Å²) in [6.45, 7) is 2.45. The van der Waals surface area contributed by atoms with Crippen LogP contribution in [0.1, 0.15) is 43.0 Å². The third-order valence-electron chi connectivity index (χ3n) is 5.91. The number of hydrogen-bond donors (Lipinski definition) is 1. The predicted molar refractivity (Wildman–Crippen MR) is 93.3 cm³/mol. The van der Waals surface area contributed by atoms with E-state index in [1.165, 1.54) is 0 Å². The van der Waals surface area contributed by atoms with E-state index in [2.05, 4.69) is 5.32 Å². The van der Waals surface area contributed by atoms with E-state index in [1.807, 2.05) is 6.92 Å². The molecule has 4 rings (SSSR count). The van der Waals surface area contributed by atoms with Gasteiger partial charge in [0.25, 0.3) is 0 Å². The highest BCUT2D eigenvalue weighted by Gasteiger charge is 2.63. The van der Waals surface area contributed by atoms with Crippen LogP contribution in [0.4, 0.5) is 5.69 Å². The number of benzene rings is 1. The molecule has 6 nitrogen and oxygen atoms in total. The van der Waals surface area contributed by atoms with Crippen molar-refractivity contribution in [3.05, 3.63) is 29.8 Å². The second-order valence-corrected chi connectivity index (χ2v) is 7.48. The summed E-state index contributed by atoms with van der Waals surface area (Å²) < 4.78 is 10.6. The van der Waals surface area contributed by atoms with Gasteiger partial charge in [-0.25, -0.2) is 4.79 Å². The summed E-state index contributed by atoms with van der Waals surface area (Å²) in [6, 6.07) is 6.67. The van der Waals surface area contributed by atoms with Crippen molar-refractivity contribution in [3.8, 4) is 0 Å². The fraction of sp³-hybridized carbons (Fsp3) is 0.550. The number of ether oxygens (including phenoxy) is 2. The zero-order valence-corrected chi connectivity index (χ0v) is 14.8. The lowest BCUT2D eigenvalue weighted by Gasteiger charge is -2.23. The van der Waals surface area contributed by atoms with E-state index >= 15 is 0 Å². The molecule has 1 aliphatic heterocycles. The molecule has 0 aromatic heterocycles. The summed E-state index contributed by atoms with van der Waals surface area (Å²) >= 11 is 0. The molecule has 0 unspecified atom stereocenters. The van der Waals surface area contributed by atoms with E-state index in [9.17, 15) is 14.4 Å². The molecule has 5 atom stereocenters. The van der Waals surface area contributed by atoms with Crippen LogP contribution in [0, 0.1) is 23.7 Å². The van der Waals surface area contributed by atoms with Gasteiger partial charge in [0.2, 0.25) is 5.91 Å². The Labute approximate surface area is 152 Å². The number of amides is 1. The van der Waals surface area contributed by atoms with Crippen LogP contribution in [0.15, 0.2) is 24.3 Å². The number of carbonyl (C=O) groups is 3. The molecule has 2 saturated carbocycles. The SMILES string of the molecule is CCCCOC(=O)c1ccc(NC(=O)[C@@H]2[C@@H]3C[C@@H]4[C@H]2C(=O)O[C@@H]4C3)cc1. The number of carbonyl (C=O) groups excluding carboxylic acids is 3. The Hall–Kier alpha value is -2.37. The molecule has 0 spiro atoms. The van der Waals surface area contributed by atoms with Crippen molar-refractivity contribution in [2.24, 2.45) is 23.7 Å². The van der Waals surface area contributed by atoms with Crippen molar-refractivity contribution in [1.29, 1.82) is 0 Å². The average molecular weight is 357 g/mol. The number of anilines is 1. The zero-order valence-electron chi connectivity index (χ0n) is 14.8. The summed E-state index contributed by atoms with van der Waals surface area (Å²) in [5.74, 6) is -0.846. The summed E-state index contributed by atoms with van der Waals surface area (Å²) in [6.07, 6.45) is 3.54. The molecule has 1 aromatic carbocycles. The van der Waals surface area contributed by atoms with Crippen LogP contribution in [-0.4, -0.2) is 30.6 Å². The number of fused-ring (bicyclic) bond motifs is 1. The Balaban J connectivity index is 1.38. The average Bonchev–Trinajstić information content (AvgIpc) is 3.24. The minimum absolute atomic E-state index is 0.0274. The smallest absolute Gasteiger partial charge is 0.338 e. The largest absolute Gasteiger partial charge is 0.462 e. The number of nitrogens with one attached hydrogen (secondary N) is 1. The zero-order chi connectivity index (χ0) is 18.3.